The van der Waals surface area contributed by atoms with E-state index in [1.165, 1.54) is 11.3 Å². The standard InChI is InChI=1S/C14H15N7OS/c1-3-11-16-18-14(23-11)15-13(22)10-7-5-6-9(8-10)12-17-19-20-21(12)4-2/h5-8H,3-4H2,1-2H3,(H,15,18,22). The molecule has 1 N–H and O–H groups in total. The molecule has 2 aromatic heterocycles. The summed E-state index contributed by atoms with van der Waals surface area (Å²) in [5.74, 6) is 0.396. The van der Waals surface area contributed by atoms with Gasteiger partial charge >= 0.3 is 0 Å². The summed E-state index contributed by atoms with van der Waals surface area (Å²) in [4.78, 5) is 12.4. The first-order valence-electron chi connectivity index (χ1n) is 7.21. The lowest BCUT2D eigenvalue weighted by atomic mass is 10.1. The second kappa shape index (κ2) is 6.61. The van der Waals surface area contributed by atoms with Crippen molar-refractivity contribution < 1.29 is 4.79 Å². The van der Waals surface area contributed by atoms with Crippen LogP contribution < -0.4 is 5.32 Å². The molecule has 0 saturated carbocycles. The molecule has 3 rings (SSSR count). The number of nitrogens with zero attached hydrogens (tertiary/aromatic N) is 6. The third-order valence-corrected chi connectivity index (χ3v) is 4.19. The number of amides is 1. The smallest absolute Gasteiger partial charge is 0.257 e. The van der Waals surface area contributed by atoms with Gasteiger partial charge in [-0.3, -0.25) is 10.1 Å². The van der Waals surface area contributed by atoms with E-state index in [0.717, 1.165) is 17.0 Å². The number of rotatable bonds is 5. The minimum Gasteiger partial charge on any atom is -0.296 e. The fourth-order valence-electron chi connectivity index (χ4n) is 2.04. The average molecular weight is 329 g/mol. The summed E-state index contributed by atoms with van der Waals surface area (Å²) in [5, 5.41) is 23.7. The minimum atomic E-state index is -0.235. The molecule has 0 aliphatic rings. The number of aryl methyl sites for hydroxylation is 2. The molecule has 0 unspecified atom stereocenters. The zero-order chi connectivity index (χ0) is 16.2. The van der Waals surface area contributed by atoms with Gasteiger partial charge in [-0.15, -0.1) is 15.3 Å². The highest BCUT2D eigenvalue weighted by atomic mass is 32.1. The van der Waals surface area contributed by atoms with Crippen LogP contribution in [-0.4, -0.2) is 36.3 Å². The first kappa shape index (κ1) is 15.2. The van der Waals surface area contributed by atoms with Gasteiger partial charge in [-0.25, -0.2) is 4.68 Å². The summed E-state index contributed by atoms with van der Waals surface area (Å²) in [6.07, 6.45) is 0.794. The monoisotopic (exact) mass is 329 g/mol. The summed E-state index contributed by atoms with van der Waals surface area (Å²) in [6, 6.07) is 7.17. The summed E-state index contributed by atoms with van der Waals surface area (Å²) in [6.45, 7) is 4.61. The first-order valence-corrected chi connectivity index (χ1v) is 8.03. The molecule has 23 heavy (non-hydrogen) atoms. The van der Waals surface area contributed by atoms with Crippen molar-refractivity contribution in [2.75, 3.05) is 5.32 Å². The van der Waals surface area contributed by atoms with Crippen LogP contribution in [-0.2, 0) is 13.0 Å². The quantitative estimate of drug-likeness (QED) is 0.769. The molecule has 118 valence electrons. The Morgan fingerprint density at radius 1 is 1.26 bits per heavy atom. The molecule has 0 radical (unpaired) electrons. The Bertz CT molecular complexity index is 826. The molecular weight excluding hydrogens is 314 g/mol. The van der Waals surface area contributed by atoms with E-state index < -0.39 is 0 Å². The Labute approximate surface area is 136 Å². The van der Waals surface area contributed by atoms with Crippen LogP contribution in [0.3, 0.4) is 0 Å². The number of carbonyl (C=O) groups is 1. The number of benzene rings is 1. The lowest BCUT2D eigenvalue weighted by Crippen LogP contribution is -2.12. The number of hydrogen-bond acceptors (Lipinski definition) is 7. The first-order chi connectivity index (χ1) is 11.2. The average Bonchev–Trinajstić information content (AvgIpc) is 3.23. The number of nitrogens with one attached hydrogen (secondary N) is 1. The van der Waals surface area contributed by atoms with E-state index in [0.29, 0.717) is 23.1 Å². The van der Waals surface area contributed by atoms with Crippen molar-refractivity contribution in [1.29, 1.82) is 0 Å². The predicted octanol–water partition coefficient (Wildman–Crippen LogP) is 2.03. The second-order valence-corrected chi connectivity index (χ2v) is 5.77. The number of aromatic nitrogens is 6. The van der Waals surface area contributed by atoms with Crippen molar-refractivity contribution in [3.05, 3.63) is 34.8 Å². The maximum Gasteiger partial charge on any atom is 0.257 e. The SMILES string of the molecule is CCc1nnc(NC(=O)c2cccc(-c3nnnn3CC)c2)s1. The molecule has 0 atom stereocenters. The summed E-state index contributed by atoms with van der Waals surface area (Å²) in [7, 11) is 0. The van der Waals surface area contributed by atoms with Gasteiger partial charge in [0.2, 0.25) is 5.13 Å². The lowest BCUT2D eigenvalue weighted by molar-refractivity contribution is 0.102. The molecule has 8 nitrogen and oxygen atoms in total. The van der Waals surface area contributed by atoms with Gasteiger partial charge in [-0.2, -0.15) is 0 Å². The fraction of sp³-hybridized carbons (Fsp3) is 0.286. The predicted molar refractivity (Wildman–Crippen MR) is 86.2 cm³/mol. The van der Waals surface area contributed by atoms with Gasteiger partial charge in [-0.1, -0.05) is 30.4 Å². The maximum absolute atomic E-state index is 12.4. The van der Waals surface area contributed by atoms with Gasteiger partial charge in [0.15, 0.2) is 5.82 Å². The van der Waals surface area contributed by atoms with Crippen molar-refractivity contribution in [3.63, 3.8) is 0 Å². The Kier molecular flexibility index (Phi) is 4.38. The topological polar surface area (TPSA) is 98.5 Å². The second-order valence-electron chi connectivity index (χ2n) is 4.71. The number of anilines is 1. The molecule has 3 aromatic rings. The normalized spacial score (nSPS) is 10.7. The summed E-state index contributed by atoms with van der Waals surface area (Å²) in [5.41, 5.74) is 1.30. The van der Waals surface area contributed by atoms with Crippen molar-refractivity contribution in [2.24, 2.45) is 0 Å². The van der Waals surface area contributed by atoms with E-state index in [4.69, 9.17) is 0 Å². The van der Waals surface area contributed by atoms with Gasteiger partial charge in [-0.05, 0) is 35.9 Å². The lowest BCUT2D eigenvalue weighted by Gasteiger charge is -2.05. The Balaban J connectivity index is 1.83. The van der Waals surface area contributed by atoms with E-state index in [-0.39, 0.29) is 5.91 Å². The molecule has 0 saturated heterocycles. The molecule has 9 heteroatoms. The highest BCUT2D eigenvalue weighted by Crippen LogP contribution is 2.20. The van der Waals surface area contributed by atoms with Gasteiger partial charge in [0.25, 0.3) is 5.91 Å². The molecule has 0 aliphatic carbocycles. The Hall–Kier alpha value is -2.68. The largest absolute Gasteiger partial charge is 0.296 e. The zero-order valence-corrected chi connectivity index (χ0v) is 13.5. The molecule has 1 amide bonds. The van der Waals surface area contributed by atoms with E-state index in [2.05, 4.69) is 31.0 Å². The van der Waals surface area contributed by atoms with Crippen LogP contribution in [0.5, 0.6) is 0 Å². The minimum absolute atomic E-state index is 0.235. The third kappa shape index (κ3) is 3.24. The van der Waals surface area contributed by atoms with Crippen molar-refractivity contribution in [1.82, 2.24) is 30.4 Å². The molecule has 1 aromatic carbocycles. The highest BCUT2D eigenvalue weighted by Gasteiger charge is 2.13. The zero-order valence-electron chi connectivity index (χ0n) is 12.7. The highest BCUT2D eigenvalue weighted by molar-refractivity contribution is 7.15. The van der Waals surface area contributed by atoms with Crippen molar-refractivity contribution in [3.8, 4) is 11.4 Å². The summed E-state index contributed by atoms with van der Waals surface area (Å²) < 4.78 is 1.68. The molecule has 0 spiro atoms. The van der Waals surface area contributed by atoms with Gasteiger partial charge in [0.1, 0.15) is 5.01 Å². The van der Waals surface area contributed by atoms with Crippen molar-refractivity contribution >= 4 is 22.4 Å². The van der Waals surface area contributed by atoms with Gasteiger partial charge in [0, 0.05) is 17.7 Å². The van der Waals surface area contributed by atoms with Crippen LogP contribution >= 0.6 is 11.3 Å². The van der Waals surface area contributed by atoms with E-state index in [1.54, 1.807) is 22.9 Å². The van der Waals surface area contributed by atoms with Gasteiger partial charge < -0.3 is 0 Å². The molecule has 0 fully saturated rings. The number of tetrazole rings is 1. The van der Waals surface area contributed by atoms with Crippen LogP contribution in [0.1, 0.15) is 29.2 Å². The van der Waals surface area contributed by atoms with Crippen LogP contribution in [0.2, 0.25) is 0 Å². The van der Waals surface area contributed by atoms with E-state index in [1.807, 2.05) is 19.9 Å². The Morgan fingerprint density at radius 2 is 2.13 bits per heavy atom. The van der Waals surface area contributed by atoms with Crippen LogP contribution in [0.15, 0.2) is 24.3 Å². The van der Waals surface area contributed by atoms with Gasteiger partial charge in [0.05, 0.1) is 0 Å². The fourth-order valence-corrected chi connectivity index (χ4v) is 2.71. The van der Waals surface area contributed by atoms with E-state index in [9.17, 15) is 4.79 Å². The van der Waals surface area contributed by atoms with Crippen LogP contribution in [0, 0.1) is 0 Å². The van der Waals surface area contributed by atoms with Crippen LogP contribution in [0.4, 0.5) is 5.13 Å². The number of carbonyl (C=O) groups excluding carboxylic acids is 1. The molecule has 0 aliphatic heterocycles. The third-order valence-electron chi connectivity index (χ3n) is 3.20. The molecule has 0 bridgehead atoms. The summed E-state index contributed by atoms with van der Waals surface area (Å²) >= 11 is 1.37. The van der Waals surface area contributed by atoms with Crippen LogP contribution in [0.25, 0.3) is 11.4 Å². The Morgan fingerprint density at radius 3 is 2.87 bits per heavy atom. The maximum atomic E-state index is 12.4. The van der Waals surface area contributed by atoms with E-state index >= 15 is 0 Å². The van der Waals surface area contributed by atoms with Crippen molar-refractivity contribution in [2.45, 2.75) is 26.8 Å². The number of hydrogen-bond donors (Lipinski definition) is 1. The molecular formula is C14H15N7OS. The molecule has 2 heterocycles.